The Hall–Kier alpha value is -1.63. The van der Waals surface area contributed by atoms with E-state index in [1.54, 1.807) is 5.56 Å². The van der Waals surface area contributed by atoms with Gasteiger partial charge in [0.25, 0.3) is 0 Å². The molecule has 1 heterocycles. The van der Waals surface area contributed by atoms with Crippen molar-refractivity contribution >= 4 is 0 Å². The molecule has 1 aliphatic carbocycles. The molecule has 1 aliphatic rings. The van der Waals surface area contributed by atoms with Crippen LogP contribution in [0.5, 0.6) is 0 Å². The van der Waals surface area contributed by atoms with E-state index in [1.807, 2.05) is 12.3 Å². The first-order chi connectivity index (χ1) is 9.82. The number of benzene rings is 1. The van der Waals surface area contributed by atoms with Crippen molar-refractivity contribution in [2.45, 2.75) is 50.9 Å². The molecule has 0 unspecified atom stereocenters. The normalized spacial score (nSPS) is 16.1. The topological polar surface area (TPSA) is 12.9 Å². The summed E-state index contributed by atoms with van der Waals surface area (Å²) in [4.78, 5) is 4.40. The average Bonchev–Trinajstić information content (AvgIpc) is 3.28. The second-order valence-corrected chi connectivity index (χ2v) is 6.08. The number of nitrogens with zero attached hydrogens (tertiary/aromatic N) is 1. The molecular formula is C19H23N. The zero-order chi connectivity index (χ0) is 13.8. The van der Waals surface area contributed by atoms with Gasteiger partial charge in [-0.1, -0.05) is 50.1 Å². The van der Waals surface area contributed by atoms with Crippen LogP contribution in [0.3, 0.4) is 0 Å². The van der Waals surface area contributed by atoms with E-state index < -0.39 is 0 Å². The predicted molar refractivity (Wildman–Crippen MR) is 83.9 cm³/mol. The third kappa shape index (κ3) is 2.92. The van der Waals surface area contributed by atoms with E-state index in [0.29, 0.717) is 5.41 Å². The molecule has 1 aromatic carbocycles. The Bertz CT molecular complexity index is 538. The van der Waals surface area contributed by atoms with Gasteiger partial charge in [-0.15, -0.1) is 0 Å². The quantitative estimate of drug-likeness (QED) is 0.724. The van der Waals surface area contributed by atoms with Gasteiger partial charge in [0.2, 0.25) is 0 Å². The lowest BCUT2D eigenvalue weighted by atomic mass is 9.89. The van der Waals surface area contributed by atoms with Gasteiger partial charge in [-0.2, -0.15) is 0 Å². The Kier molecular flexibility index (Phi) is 3.86. The van der Waals surface area contributed by atoms with Gasteiger partial charge in [0.15, 0.2) is 0 Å². The molecule has 0 N–H and O–H groups in total. The summed E-state index contributed by atoms with van der Waals surface area (Å²) < 4.78 is 0. The number of rotatable bonds is 6. The minimum Gasteiger partial charge on any atom is -0.261 e. The molecule has 0 aliphatic heterocycles. The van der Waals surface area contributed by atoms with Gasteiger partial charge in [0, 0.05) is 18.3 Å². The van der Waals surface area contributed by atoms with Crippen molar-refractivity contribution in [2.75, 3.05) is 0 Å². The molecule has 1 saturated carbocycles. The number of aromatic nitrogens is 1. The average molecular weight is 265 g/mol. The fraction of sp³-hybridized carbons (Fsp3) is 0.421. The molecule has 1 heteroatoms. The molecule has 2 aromatic rings. The molecule has 0 atom stereocenters. The highest BCUT2D eigenvalue weighted by atomic mass is 14.7. The van der Waals surface area contributed by atoms with Crippen LogP contribution in [0.2, 0.25) is 0 Å². The summed E-state index contributed by atoms with van der Waals surface area (Å²) in [6, 6.07) is 15.4. The van der Waals surface area contributed by atoms with Crippen LogP contribution >= 0.6 is 0 Å². The lowest BCUT2D eigenvalue weighted by Crippen LogP contribution is -2.06. The van der Waals surface area contributed by atoms with Gasteiger partial charge < -0.3 is 0 Å². The molecular weight excluding hydrogens is 242 g/mol. The van der Waals surface area contributed by atoms with Crippen LogP contribution < -0.4 is 0 Å². The van der Waals surface area contributed by atoms with Crippen molar-refractivity contribution in [3.8, 4) is 0 Å². The molecule has 1 aromatic heterocycles. The van der Waals surface area contributed by atoms with Gasteiger partial charge in [-0.3, -0.25) is 4.98 Å². The second-order valence-electron chi connectivity index (χ2n) is 6.08. The van der Waals surface area contributed by atoms with Crippen LogP contribution in [0, 0.1) is 0 Å². The first-order valence-electron chi connectivity index (χ1n) is 7.82. The highest BCUT2D eigenvalue weighted by molar-refractivity contribution is 5.34. The van der Waals surface area contributed by atoms with Crippen molar-refractivity contribution < 1.29 is 0 Å². The number of unbranched alkanes of at least 4 members (excludes halogenated alkanes) is 1. The second kappa shape index (κ2) is 5.78. The SMILES string of the molecule is CCCCC1(c2ccc(Cc3ccccn3)cc2)CC1. The third-order valence-corrected chi connectivity index (χ3v) is 4.54. The molecule has 1 nitrogen and oxygen atoms in total. The molecule has 0 amide bonds. The van der Waals surface area contributed by atoms with E-state index >= 15 is 0 Å². The molecule has 1 fully saturated rings. The van der Waals surface area contributed by atoms with Gasteiger partial charge >= 0.3 is 0 Å². The lowest BCUT2D eigenvalue weighted by Gasteiger charge is -2.15. The minimum absolute atomic E-state index is 0.527. The summed E-state index contributed by atoms with van der Waals surface area (Å²) >= 11 is 0. The standard InChI is InChI=1S/C19H23N/c1-2-3-11-19(12-13-19)17-9-7-16(8-10-17)15-18-6-4-5-14-20-18/h4-10,14H,2-3,11-13,15H2,1H3. The summed E-state index contributed by atoms with van der Waals surface area (Å²) in [5.74, 6) is 0. The van der Waals surface area contributed by atoms with E-state index in [9.17, 15) is 0 Å². The molecule has 0 radical (unpaired) electrons. The lowest BCUT2D eigenvalue weighted by molar-refractivity contribution is 0.575. The van der Waals surface area contributed by atoms with Crippen LogP contribution in [0.15, 0.2) is 48.7 Å². The maximum Gasteiger partial charge on any atom is 0.0447 e. The van der Waals surface area contributed by atoms with Crippen molar-refractivity contribution in [1.82, 2.24) is 4.98 Å². The van der Waals surface area contributed by atoms with Crippen molar-refractivity contribution in [3.63, 3.8) is 0 Å². The predicted octanol–water partition coefficient (Wildman–Crippen LogP) is 4.89. The Balaban J connectivity index is 1.69. The Morgan fingerprint density at radius 3 is 2.45 bits per heavy atom. The smallest absolute Gasteiger partial charge is 0.0447 e. The van der Waals surface area contributed by atoms with Crippen molar-refractivity contribution in [2.24, 2.45) is 0 Å². The van der Waals surface area contributed by atoms with Crippen molar-refractivity contribution in [3.05, 3.63) is 65.5 Å². The molecule has 0 bridgehead atoms. The molecule has 104 valence electrons. The Morgan fingerprint density at radius 2 is 1.85 bits per heavy atom. The maximum atomic E-state index is 4.40. The van der Waals surface area contributed by atoms with Crippen LogP contribution in [0.4, 0.5) is 0 Å². The van der Waals surface area contributed by atoms with E-state index in [2.05, 4.69) is 48.3 Å². The van der Waals surface area contributed by atoms with Crippen LogP contribution in [-0.2, 0) is 11.8 Å². The summed E-state index contributed by atoms with van der Waals surface area (Å²) in [5, 5.41) is 0. The number of hydrogen-bond acceptors (Lipinski definition) is 1. The molecule has 3 rings (SSSR count). The fourth-order valence-electron chi connectivity index (χ4n) is 3.04. The highest BCUT2D eigenvalue weighted by Gasteiger charge is 2.42. The summed E-state index contributed by atoms with van der Waals surface area (Å²) in [7, 11) is 0. The van der Waals surface area contributed by atoms with Crippen molar-refractivity contribution in [1.29, 1.82) is 0 Å². The van der Waals surface area contributed by atoms with Gasteiger partial charge in [0.1, 0.15) is 0 Å². The zero-order valence-electron chi connectivity index (χ0n) is 12.3. The molecule has 20 heavy (non-hydrogen) atoms. The molecule has 0 saturated heterocycles. The summed E-state index contributed by atoms with van der Waals surface area (Å²) in [5.41, 5.74) is 4.58. The first-order valence-corrected chi connectivity index (χ1v) is 7.82. The van der Waals surface area contributed by atoms with Gasteiger partial charge in [0.05, 0.1) is 0 Å². The Labute approximate surface area is 122 Å². The third-order valence-electron chi connectivity index (χ3n) is 4.54. The zero-order valence-corrected chi connectivity index (χ0v) is 12.3. The number of hydrogen-bond donors (Lipinski definition) is 0. The van der Waals surface area contributed by atoms with Crippen LogP contribution in [-0.4, -0.2) is 4.98 Å². The van der Waals surface area contributed by atoms with E-state index in [1.165, 1.54) is 37.7 Å². The summed E-state index contributed by atoms with van der Waals surface area (Å²) in [6.07, 6.45) is 9.59. The fourth-order valence-corrected chi connectivity index (χ4v) is 3.04. The summed E-state index contributed by atoms with van der Waals surface area (Å²) in [6.45, 7) is 2.28. The van der Waals surface area contributed by atoms with Crippen LogP contribution in [0.25, 0.3) is 0 Å². The Morgan fingerprint density at radius 1 is 1.05 bits per heavy atom. The van der Waals surface area contributed by atoms with Gasteiger partial charge in [-0.25, -0.2) is 0 Å². The largest absolute Gasteiger partial charge is 0.261 e. The highest BCUT2D eigenvalue weighted by Crippen LogP contribution is 2.51. The van der Waals surface area contributed by atoms with E-state index in [0.717, 1.165) is 12.1 Å². The van der Waals surface area contributed by atoms with Crippen LogP contribution in [0.1, 0.15) is 55.8 Å². The monoisotopic (exact) mass is 265 g/mol. The maximum absolute atomic E-state index is 4.40. The number of pyridine rings is 1. The first kappa shape index (κ1) is 13.4. The molecule has 0 spiro atoms. The minimum atomic E-state index is 0.527. The van der Waals surface area contributed by atoms with E-state index in [4.69, 9.17) is 0 Å². The van der Waals surface area contributed by atoms with Gasteiger partial charge in [-0.05, 0) is 47.9 Å². The van der Waals surface area contributed by atoms with E-state index in [-0.39, 0.29) is 0 Å².